The van der Waals surface area contributed by atoms with Crippen LogP contribution in [-0.2, 0) is 6.54 Å². The second-order valence-corrected chi connectivity index (χ2v) is 8.08. The molecule has 0 unspecified atom stereocenters. The zero-order valence-electron chi connectivity index (χ0n) is 17.7. The second-order valence-electron chi connectivity index (χ2n) is 8.08. The monoisotopic (exact) mass is 412 g/mol. The zero-order valence-corrected chi connectivity index (χ0v) is 17.7. The molecule has 2 aromatic carbocycles. The number of aromatic nitrogens is 2. The Kier molecular flexibility index (Phi) is 6.11. The van der Waals surface area contributed by atoms with Gasteiger partial charge in [0.15, 0.2) is 6.04 Å². The van der Waals surface area contributed by atoms with Gasteiger partial charge in [-0.15, -0.1) is 10.2 Å². The third-order valence-electron chi connectivity index (χ3n) is 5.97. The normalized spacial score (nSPS) is 20.1. The summed E-state index contributed by atoms with van der Waals surface area (Å²) in [6.45, 7) is 8.95. The maximum Gasteiger partial charge on any atom is 0.274 e. The summed E-state index contributed by atoms with van der Waals surface area (Å²) in [7, 11) is 1.63. The summed E-state index contributed by atoms with van der Waals surface area (Å²) in [5.74, 6) is 1.78. The lowest BCUT2D eigenvalue weighted by Gasteiger charge is -2.32. The molecule has 4 rings (SSSR count). The van der Waals surface area contributed by atoms with Gasteiger partial charge in [0.2, 0.25) is 5.89 Å². The van der Waals surface area contributed by atoms with E-state index < -0.39 is 0 Å². The largest absolute Gasteiger partial charge is 0.496 e. The number of piperazine rings is 1. The molecule has 7 heteroatoms. The molecular formula is C23H29FN4O2+2. The van der Waals surface area contributed by atoms with Crippen molar-refractivity contribution in [3.63, 3.8) is 0 Å². The van der Waals surface area contributed by atoms with Gasteiger partial charge in [-0.2, -0.15) is 0 Å². The number of methoxy groups -OCH3 is 1. The number of nitrogens with zero attached hydrogens (tertiary/aromatic N) is 2. The summed E-state index contributed by atoms with van der Waals surface area (Å²) >= 11 is 0. The van der Waals surface area contributed by atoms with E-state index in [-0.39, 0.29) is 11.9 Å². The van der Waals surface area contributed by atoms with Crippen molar-refractivity contribution in [2.75, 3.05) is 33.3 Å². The first kappa shape index (κ1) is 20.5. The van der Waals surface area contributed by atoms with Crippen LogP contribution in [0.3, 0.4) is 0 Å². The first-order valence-corrected chi connectivity index (χ1v) is 10.4. The van der Waals surface area contributed by atoms with Crippen LogP contribution in [0.1, 0.15) is 30.0 Å². The predicted molar refractivity (Wildman–Crippen MR) is 111 cm³/mol. The summed E-state index contributed by atoms with van der Waals surface area (Å²) in [5.41, 5.74) is 3.04. The molecule has 6 nitrogen and oxygen atoms in total. The molecule has 0 radical (unpaired) electrons. The maximum atomic E-state index is 13.6. The summed E-state index contributed by atoms with van der Waals surface area (Å²) < 4.78 is 25.0. The van der Waals surface area contributed by atoms with Crippen molar-refractivity contribution in [2.45, 2.75) is 26.4 Å². The lowest BCUT2D eigenvalue weighted by atomic mass is 10.1. The highest BCUT2D eigenvalue weighted by molar-refractivity contribution is 5.53. The number of aryl methyl sites for hydroxylation is 1. The average Bonchev–Trinajstić information content (AvgIpc) is 3.24. The fraction of sp³-hybridized carbons (Fsp3) is 0.391. The van der Waals surface area contributed by atoms with Gasteiger partial charge in [-0.1, -0.05) is 17.7 Å². The number of rotatable bonds is 6. The van der Waals surface area contributed by atoms with Gasteiger partial charge in [0.05, 0.1) is 12.7 Å². The van der Waals surface area contributed by atoms with Crippen molar-refractivity contribution < 1.29 is 23.3 Å². The first-order valence-electron chi connectivity index (χ1n) is 10.4. The SMILES string of the molecule is COc1ccc(F)cc1C[NH+]1CC[NH+]([C@H](C)c2nnc(-c3cccc(C)c3)o2)CC1. The molecule has 158 valence electrons. The molecule has 0 amide bonds. The minimum Gasteiger partial charge on any atom is -0.496 e. The van der Waals surface area contributed by atoms with E-state index in [1.807, 2.05) is 12.1 Å². The fourth-order valence-electron chi connectivity index (χ4n) is 4.17. The smallest absolute Gasteiger partial charge is 0.274 e. The Morgan fingerprint density at radius 3 is 2.63 bits per heavy atom. The molecule has 0 bridgehead atoms. The molecule has 30 heavy (non-hydrogen) atoms. The third-order valence-corrected chi connectivity index (χ3v) is 5.97. The van der Waals surface area contributed by atoms with Gasteiger partial charge in [-0.25, -0.2) is 4.39 Å². The summed E-state index contributed by atoms with van der Waals surface area (Å²) in [6.07, 6.45) is 0. The summed E-state index contributed by atoms with van der Waals surface area (Å²) in [4.78, 5) is 2.87. The van der Waals surface area contributed by atoms with Gasteiger partial charge in [0.1, 0.15) is 44.3 Å². The maximum absolute atomic E-state index is 13.6. The van der Waals surface area contributed by atoms with Crippen molar-refractivity contribution in [1.29, 1.82) is 0 Å². The molecule has 3 aromatic rings. The van der Waals surface area contributed by atoms with E-state index >= 15 is 0 Å². The van der Waals surface area contributed by atoms with Crippen molar-refractivity contribution in [2.24, 2.45) is 0 Å². The van der Waals surface area contributed by atoms with Gasteiger partial charge >= 0.3 is 0 Å². The van der Waals surface area contributed by atoms with E-state index in [1.54, 1.807) is 19.2 Å². The van der Waals surface area contributed by atoms with E-state index in [1.165, 1.54) is 21.4 Å². The number of benzene rings is 2. The van der Waals surface area contributed by atoms with Crippen LogP contribution in [0.2, 0.25) is 0 Å². The number of quaternary nitrogens is 2. The molecule has 2 heterocycles. The number of halogens is 1. The van der Waals surface area contributed by atoms with Crippen LogP contribution in [0.4, 0.5) is 4.39 Å². The van der Waals surface area contributed by atoms with Gasteiger partial charge in [-0.05, 0) is 44.2 Å². The van der Waals surface area contributed by atoms with Crippen LogP contribution in [0.25, 0.3) is 11.5 Å². The van der Waals surface area contributed by atoms with E-state index in [0.29, 0.717) is 11.8 Å². The molecule has 1 aliphatic rings. The molecule has 1 fully saturated rings. The zero-order chi connectivity index (χ0) is 21.1. The molecule has 1 saturated heterocycles. The highest BCUT2D eigenvalue weighted by atomic mass is 19.1. The number of ether oxygens (including phenoxy) is 1. The fourth-order valence-corrected chi connectivity index (χ4v) is 4.17. The Hall–Kier alpha value is -2.77. The number of hydrogen-bond donors (Lipinski definition) is 2. The minimum atomic E-state index is -0.219. The lowest BCUT2D eigenvalue weighted by molar-refractivity contribution is -1.03. The molecule has 2 N–H and O–H groups in total. The lowest BCUT2D eigenvalue weighted by Crippen LogP contribution is -3.27. The highest BCUT2D eigenvalue weighted by Gasteiger charge is 2.31. The van der Waals surface area contributed by atoms with Crippen LogP contribution >= 0.6 is 0 Å². The van der Waals surface area contributed by atoms with Gasteiger partial charge < -0.3 is 19.0 Å². The van der Waals surface area contributed by atoms with Crippen LogP contribution in [0, 0.1) is 12.7 Å². The minimum absolute atomic E-state index is 0.140. The molecule has 0 saturated carbocycles. The molecular weight excluding hydrogens is 383 g/mol. The summed E-state index contributed by atoms with van der Waals surface area (Å²) in [6, 6.07) is 13.0. The van der Waals surface area contributed by atoms with Crippen molar-refractivity contribution in [1.82, 2.24) is 10.2 Å². The molecule has 0 spiro atoms. The predicted octanol–water partition coefficient (Wildman–Crippen LogP) is 1.24. The van der Waals surface area contributed by atoms with Crippen LogP contribution in [-0.4, -0.2) is 43.5 Å². The molecule has 0 aliphatic carbocycles. The Morgan fingerprint density at radius 1 is 1.10 bits per heavy atom. The quantitative estimate of drug-likeness (QED) is 0.640. The average molecular weight is 413 g/mol. The summed E-state index contributed by atoms with van der Waals surface area (Å²) in [5, 5.41) is 8.57. The van der Waals surface area contributed by atoms with Crippen LogP contribution < -0.4 is 14.5 Å². The standard InChI is InChI=1S/C23H27FN4O2/c1-16-5-4-6-18(13-16)23-26-25-22(30-23)17(2)28-11-9-27(10-12-28)15-19-14-20(24)7-8-21(19)29-3/h4-8,13-14,17H,9-12,15H2,1-3H3/p+2/t17-/m1/s1. The highest BCUT2D eigenvalue weighted by Crippen LogP contribution is 2.21. The number of hydrogen-bond acceptors (Lipinski definition) is 4. The first-order chi connectivity index (χ1) is 14.5. The van der Waals surface area contributed by atoms with Crippen molar-refractivity contribution >= 4 is 0 Å². The van der Waals surface area contributed by atoms with Crippen LogP contribution in [0.5, 0.6) is 5.75 Å². The Labute approximate surface area is 176 Å². The molecule has 1 aliphatic heterocycles. The molecule has 1 atom stereocenters. The van der Waals surface area contributed by atoms with E-state index in [9.17, 15) is 4.39 Å². The van der Waals surface area contributed by atoms with Crippen molar-refractivity contribution in [3.05, 3.63) is 65.3 Å². The Bertz CT molecular complexity index is 998. The second kappa shape index (κ2) is 8.93. The van der Waals surface area contributed by atoms with Crippen molar-refractivity contribution in [3.8, 4) is 17.2 Å². The van der Waals surface area contributed by atoms with Crippen LogP contribution in [0.15, 0.2) is 46.9 Å². The van der Waals surface area contributed by atoms with Gasteiger partial charge in [-0.3, -0.25) is 0 Å². The topological polar surface area (TPSA) is 57.0 Å². The number of nitrogens with one attached hydrogen (secondary N) is 2. The Morgan fingerprint density at radius 2 is 1.90 bits per heavy atom. The Balaban J connectivity index is 1.37. The van der Waals surface area contributed by atoms with Gasteiger partial charge in [0, 0.05) is 5.56 Å². The third kappa shape index (κ3) is 4.52. The van der Waals surface area contributed by atoms with E-state index in [0.717, 1.165) is 49.6 Å². The van der Waals surface area contributed by atoms with E-state index in [4.69, 9.17) is 9.15 Å². The molecule has 1 aromatic heterocycles. The van der Waals surface area contributed by atoms with Gasteiger partial charge in [0.25, 0.3) is 5.89 Å². The van der Waals surface area contributed by atoms with E-state index in [2.05, 4.69) is 36.2 Å².